The second kappa shape index (κ2) is 11.5. The number of alkyl halides is 3. The Balaban J connectivity index is 1.63. The van der Waals surface area contributed by atoms with Crippen molar-refractivity contribution in [1.82, 2.24) is 10.6 Å². The Morgan fingerprint density at radius 2 is 1.73 bits per heavy atom. The third-order valence-corrected chi connectivity index (χ3v) is 6.34. The number of benzene rings is 2. The number of nitrogens with zero attached hydrogens (tertiary/aromatic N) is 2. The van der Waals surface area contributed by atoms with E-state index in [1.807, 2.05) is 56.3 Å². The highest BCUT2D eigenvalue weighted by molar-refractivity contribution is 7.80. The molecule has 176 valence electrons. The van der Waals surface area contributed by atoms with Crippen LogP contribution in [0.25, 0.3) is 0 Å². The molecule has 10 heteroatoms. The van der Waals surface area contributed by atoms with Gasteiger partial charge in [-0.3, -0.25) is 4.79 Å². The molecule has 0 bridgehead atoms. The van der Waals surface area contributed by atoms with Crippen molar-refractivity contribution >= 4 is 75.1 Å². The van der Waals surface area contributed by atoms with Gasteiger partial charge in [0.25, 0.3) is 0 Å². The SMILES string of the molecule is Cc1ccccc1N=Nc1ccc(NC(=S)N[C@@H](NC(=O)C2CCCC2)C(Cl)(Cl)Cl)c(C)c1. The standard InChI is InChI=1S/C23H26Cl3N5OS/c1-14-7-3-6-10-19(14)31-30-17-11-12-18(15(2)13-17)27-22(33)29-21(23(24,25)26)28-20(32)16-8-4-5-9-16/h3,6-7,10-13,16,21H,4-5,8-9H2,1-2H3,(H,28,32)(H2,27,29,33)/t21-/m1/s1. The quantitative estimate of drug-likeness (QED) is 0.164. The summed E-state index contributed by atoms with van der Waals surface area (Å²) in [6.45, 7) is 3.91. The molecule has 2 aromatic carbocycles. The van der Waals surface area contributed by atoms with Gasteiger partial charge in [0.1, 0.15) is 6.17 Å². The van der Waals surface area contributed by atoms with Gasteiger partial charge in [0, 0.05) is 11.6 Å². The van der Waals surface area contributed by atoms with Gasteiger partial charge in [-0.1, -0.05) is 65.8 Å². The highest BCUT2D eigenvalue weighted by Gasteiger charge is 2.36. The van der Waals surface area contributed by atoms with Crippen molar-refractivity contribution in [3.8, 4) is 0 Å². The predicted molar refractivity (Wildman–Crippen MR) is 140 cm³/mol. The summed E-state index contributed by atoms with van der Waals surface area (Å²) in [7, 11) is 0. The third-order valence-electron chi connectivity index (χ3n) is 5.46. The van der Waals surface area contributed by atoms with E-state index in [9.17, 15) is 4.79 Å². The summed E-state index contributed by atoms with van der Waals surface area (Å²) in [5, 5.41) is 17.6. The Labute approximate surface area is 214 Å². The summed E-state index contributed by atoms with van der Waals surface area (Å²) in [5.74, 6) is -0.203. The maximum absolute atomic E-state index is 12.5. The number of anilines is 1. The number of halogens is 3. The van der Waals surface area contributed by atoms with Crippen LogP contribution in [0.3, 0.4) is 0 Å². The number of thiocarbonyl (C=S) groups is 1. The van der Waals surface area contributed by atoms with Gasteiger partial charge in [-0.05, 0) is 74.3 Å². The Bertz CT molecular complexity index is 1030. The number of rotatable bonds is 6. The molecule has 0 radical (unpaired) electrons. The van der Waals surface area contributed by atoms with Crippen molar-refractivity contribution in [2.75, 3.05) is 5.32 Å². The largest absolute Gasteiger partial charge is 0.339 e. The van der Waals surface area contributed by atoms with Crippen molar-refractivity contribution < 1.29 is 4.79 Å². The molecule has 1 aliphatic carbocycles. The number of aryl methyl sites for hydroxylation is 2. The van der Waals surface area contributed by atoms with E-state index < -0.39 is 9.96 Å². The number of carbonyl (C=O) groups is 1. The van der Waals surface area contributed by atoms with Gasteiger partial charge in [0.05, 0.1) is 11.4 Å². The van der Waals surface area contributed by atoms with Crippen LogP contribution in [0.4, 0.5) is 17.1 Å². The zero-order chi connectivity index (χ0) is 24.0. The van der Waals surface area contributed by atoms with Crippen LogP contribution in [0.2, 0.25) is 0 Å². The molecule has 1 saturated carbocycles. The van der Waals surface area contributed by atoms with E-state index in [1.54, 1.807) is 0 Å². The van der Waals surface area contributed by atoms with Crippen molar-refractivity contribution in [2.24, 2.45) is 16.1 Å². The van der Waals surface area contributed by atoms with E-state index in [0.29, 0.717) is 5.69 Å². The minimum Gasteiger partial charge on any atom is -0.339 e. The molecule has 0 saturated heterocycles. The number of amides is 1. The first-order valence-corrected chi connectivity index (χ1v) is 12.2. The van der Waals surface area contributed by atoms with E-state index in [1.165, 1.54) is 0 Å². The Hall–Kier alpha value is -1.93. The zero-order valence-corrected chi connectivity index (χ0v) is 21.5. The fraction of sp³-hybridized carbons (Fsp3) is 0.391. The van der Waals surface area contributed by atoms with Crippen LogP contribution in [0.5, 0.6) is 0 Å². The summed E-state index contributed by atoms with van der Waals surface area (Å²) in [6.07, 6.45) is 2.77. The minimum atomic E-state index is -1.78. The first kappa shape index (κ1) is 25.7. The number of nitrogens with one attached hydrogen (secondary N) is 3. The molecule has 33 heavy (non-hydrogen) atoms. The molecule has 1 aliphatic rings. The maximum Gasteiger partial charge on any atom is 0.228 e. The number of hydrogen-bond acceptors (Lipinski definition) is 4. The van der Waals surface area contributed by atoms with Gasteiger partial charge in [0.2, 0.25) is 9.70 Å². The first-order valence-electron chi connectivity index (χ1n) is 10.7. The normalized spacial score (nSPS) is 15.4. The Morgan fingerprint density at radius 1 is 1.03 bits per heavy atom. The maximum atomic E-state index is 12.5. The lowest BCUT2D eigenvalue weighted by Crippen LogP contribution is -2.57. The molecule has 0 spiro atoms. The smallest absolute Gasteiger partial charge is 0.228 e. The van der Waals surface area contributed by atoms with Crippen LogP contribution < -0.4 is 16.0 Å². The zero-order valence-electron chi connectivity index (χ0n) is 18.4. The predicted octanol–water partition coefficient (Wildman–Crippen LogP) is 7.01. The topological polar surface area (TPSA) is 77.9 Å². The van der Waals surface area contributed by atoms with Gasteiger partial charge >= 0.3 is 0 Å². The lowest BCUT2D eigenvalue weighted by atomic mass is 10.1. The van der Waals surface area contributed by atoms with Gasteiger partial charge in [-0.15, -0.1) is 0 Å². The molecule has 1 fully saturated rings. The molecule has 0 unspecified atom stereocenters. The number of hydrogen-bond donors (Lipinski definition) is 3. The minimum absolute atomic E-state index is 0.0631. The van der Waals surface area contributed by atoms with Gasteiger partial charge < -0.3 is 16.0 Å². The number of carbonyl (C=O) groups excluding carboxylic acids is 1. The van der Waals surface area contributed by atoms with E-state index in [4.69, 9.17) is 47.0 Å². The molecule has 1 amide bonds. The molecule has 1 atom stereocenters. The molecule has 0 aromatic heterocycles. The average Bonchev–Trinajstić information content (AvgIpc) is 3.29. The van der Waals surface area contributed by atoms with Gasteiger partial charge in [-0.25, -0.2) is 0 Å². The fourth-order valence-corrected chi connectivity index (χ4v) is 4.13. The molecule has 0 heterocycles. The lowest BCUT2D eigenvalue weighted by Gasteiger charge is -2.29. The van der Waals surface area contributed by atoms with Crippen LogP contribution in [0.15, 0.2) is 52.7 Å². The average molecular weight is 527 g/mol. The fourth-order valence-electron chi connectivity index (χ4n) is 3.57. The van der Waals surface area contributed by atoms with Crippen LogP contribution in [-0.4, -0.2) is 21.0 Å². The van der Waals surface area contributed by atoms with E-state index in [0.717, 1.165) is 48.2 Å². The Kier molecular flexibility index (Phi) is 8.93. The summed E-state index contributed by atoms with van der Waals surface area (Å²) < 4.78 is -1.78. The van der Waals surface area contributed by atoms with E-state index >= 15 is 0 Å². The highest BCUT2D eigenvalue weighted by atomic mass is 35.6. The van der Waals surface area contributed by atoms with Gasteiger partial charge in [-0.2, -0.15) is 10.2 Å². The van der Waals surface area contributed by atoms with Crippen molar-refractivity contribution in [3.63, 3.8) is 0 Å². The second-order valence-electron chi connectivity index (χ2n) is 8.05. The highest BCUT2D eigenvalue weighted by Crippen LogP contribution is 2.31. The van der Waals surface area contributed by atoms with E-state index in [-0.39, 0.29) is 16.9 Å². The molecule has 3 rings (SSSR count). The van der Waals surface area contributed by atoms with Crippen molar-refractivity contribution in [2.45, 2.75) is 49.5 Å². The molecular weight excluding hydrogens is 501 g/mol. The van der Waals surface area contributed by atoms with Gasteiger partial charge in [0.15, 0.2) is 5.11 Å². The van der Waals surface area contributed by atoms with Crippen molar-refractivity contribution in [1.29, 1.82) is 0 Å². The van der Waals surface area contributed by atoms with E-state index in [2.05, 4.69) is 26.2 Å². The summed E-state index contributed by atoms with van der Waals surface area (Å²) in [4.78, 5) is 12.5. The molecule has 0 aliphatic heterocycles. The van der Waals surface area contributed by atoms with Crippen molar-refractivity contribution in [3.05, 3.63) is 53.6 Å². The molecule has 3 N–H and O–H groups in total. The third kappa shape index (κ3) is 7.54. The lowest BCUT2D eigenvalue weighted by molar-refractivity contribution is -0.125. The Morgan fingerprint density at radius 3 is 2.36 bits per heavy atom. The molecular formula is C23H26Cl3N5OS. The molecule has 2 aromatic rings. The first-order chi connectivity index (χ1) is 15.6. The summed E-state index contributed by atoms with van der Waals surface area (Å²) in [5.41, 5.74) is 4.24. The second-order valence-corrected chi connectivity index (χ2v) is 10.8. The monoisotopic (exact) mass is 525 g/mol. The van der Waals surface area contributed by atoms with Crippen LogP contribution in [-0.2, 0) is 4.79 Å². The summed E-state index contributed by atoms with van der Waals surface area (Å²) >= 11 is 23.7. The van der Waals surface area contributed by atoms with Crippen LogP contribution in [0.1, 0.15) is 36.8 Å². The van der Waals surface area contributed by atoms with Crippen LogP contribution >= 0.6 is 47.0 Å². The van der Waals surface area contributed by atoms with Crippen LogP contribution in [0, 0.1) is 19.8 Å². The number of azo groups is 1. The molecule has 6 nitrogen and oxygen atoms in total. The summed E-state index contributed by atoms with van der Waals surface area (Å²) in [6, 6.07) is 13.4.